The molecule has 0 unspecified atom stereocenters. The van der Waals surface area contributed by atoms with Crippen LogP contribution in [0.1, 0.15) is 27.7 Å². The molecule has 3 aromatic rings. The highest BCUT2D eigenvalue weighted by Gasteiger charge is 2.34. The zero-order chi connectivity index (χ0) is 24.9. The van der Waals surface area contributed by atoms with Crippen LogP contribution in [0.4, 0.5) is 0 Å². The molecule has 1 aromatic heterocycles. The van der Waals surface area contributed by atoms with E-state index >= 15 is 0 Å². The molecule has 35 heavy (non-hydrogen) atoms. The van der Waals surface area contributed by atoms with Crippen molar-refractivity contribution in [2.24, 2.45) is 0 Å². The molecule has 4 rings (SSSR count). The van der Waals surface area contributed by atoms with Crippen LogP contribution in [-0.4, -0.2) is 27.8 Å². The number of nitrogens with one attached hydrogen (secondary N) is 1. The zero-order valence-corrected chi connectivity index (χ0v) is 22.2. The summed E-state index contributed by atoms with van der Waals surface area (Å²) in [7, 11) is 0. The molecule has 2 heterocycles. The second-order valence-corrected chi connectivity index (χ2v) is 10.6. The summed E-state index contributed by atoms with van der Waals surface area (Å²) in [6.45, 7) is 2.53. The number of thiophene rings is 1. The first-order valence-corrected chi connectivity index (χ1v) is 13.2. The van der Waals surface area contributed by atoms with E-state index in [2.05, 4.69) is 5.43 Å². The Balaban J connectivity index is 1.53. The molecule has 1 aliphatic rings. The van der Waals surface area contributed by atoms with Crippen molar-refractivity contribution in [1.29, 1.82) is 0 Å². The van der Waals surface area contributed by atoms with E-state index in [1.807, 2.05) is 19.1 Å². The summed E-state index contributed by atoms with van der Waals surface area (Å²) >= 11 is 20.1. The standard InChI is InChI=1S/C24H18Cl2N2O4S3/c1-2-31-18-11-15(10-17(26)21(18)32-13-14-5-7-16(25)8-6-14)12-20-23(30)28(24(33)35-20)27-22(29)19-4-3-9-34-19/h3-12H,2,13H2,1H3,(H,27,29)/b20-12+. The van der Waals surface area contributed by atoms with Crippen molar-refractivity contribution < 1.29 is 19.1 Å². The number of carbonyl (C=O) groups excluding carboxylic acids is 2. The number of carbonyl (C=O) groups is 2. The lowest BCUT2D eigenvalue weighted by atomic mass is 10.1. The van der Waals surface area contributed by atoms with Gasteiger partial charge < -0.3 is 9.47 Å². The van der Waals surface area contributed by atoms with Crippen LogP contribution in [0.3, 0.4) is 0 Å². The van der Waals surface area contributed by atoms with Gasteiger partial charge in [0.25, 0.3) is 11.8 Å². The van der Waals surface area contributed by atoms with E-state index in [0.717, 1.165) is 22.3 Å². The Morgan fingerprint density at radius 3 is 2.63 bits per heavy atom. The largest absolute Gasteiger partial charge is 0.490 e. The van der Waals surface area contributed by atoms with Crippen molar-refractivity contribution >= 4 is 80.7 Å². The Bertz CT molecular complexity index is 1290. The number of ether oxygens (including phenoxy) is 2. The molecule has 2 amide bonds. The van der Waals surface area contributed by atoms with E-state index in [1.54, 1.807) is 47.9 Å². The normalized spacial score (nSPS) is 14.5. The average molecular weight is 566 g/mol. The molecule has 180 valence electrons. The summed E-state index contributed by atoms with van der Waals surface area (Å²) in [6, 6.07) is 14.1. The summed E-state index contributed by atoms with van der Waals surface area (Å²) in [4.78, 5) is 26.1. The summed E-state index contributed by atoms with van der Waals surface area (Å²) in [6.07, 6.45) is 1.65. The smallest absolute Gasteiger partial charge is 0.285 e. The van der Waals surface area contributed by atoms with Gasteiger partial charge in [-0.25, -0.2) is 0 Å². The third-order valence-electron chi connectivity index (χ3n) is 4.68. The number of nitrogens with zero attached hydrogens (tertiary/aromatic N) is 1. The van der Waals surface area contributed by atoms with E-state index in [0.29, 0.717) is 43.5 Å². The third-order valence-corrected chi connectivity index (χ3v) is 7.38. The predicted octanol–water partition coefficient (Wildman–Crippen LogP) is 6.58. The molecule has 1 N–H and O–H groups in total. The van der Waals surface area contributed by atoms with Crippen LogP contribution in [0.15, 0.2) is 58.8 Å². The van der Waals surface area contributed by atoms with Crippen LogP contribution in [0.5, 0.6) is 11.5 Å². The maximum absolute atomic E-state index is 12.9. The molecule has 0 saturated carbocycles. The van der Waals surface area contributed by atoms with Gasteiger partial charge in [0, 0.05) is 5.02 Å². The van der Waals surface area contributed by atoms with Crippen molar-refractivity contribution in [3.05, 3.63) is 84.9 Å². The number of thiocarbonyl (C=S) groups is 1. The van der Waals surface area contributed by atoms with Crippen LogP contribution in [0, 0.1) is 0 Å². The highest BCUT2D eigenvalue weighted by atomic mass is 35.5. The lowest BCUT2D eigenvalue weighted by Gasteiger charge is -2.15. The fourth-order valence-electron chi connectivity index (χ4n) is 3.09. The topological polar surface area (TPSA) is 67.9 Å². The minimum absolute atomic E-state index is 0.227. The van der Waals surface area contributed by atoms with Crippen LogP contribution in [-0.2, 0) is 11.4 Å². The number of rotatable bonds is 8. The number of benzene rings is 2. The lowest BCUT2D eigenvalue weighted by Crippen LogP contribution is -2.44. The molecule has 6 nitrogen and oxygen atoms in total. The minimum atomic E-state index is -0.429. The zero-order valence-electron chi connectivity index (χ0n) is 18.2. The molecule has 0 atom stereocenters. The number of halogens is 2. The number of thioether (sulfide) groups is 1. The Labute approximate surface area is 225 Å². The Morgan fingerprint density at radius 1 is 1.17 bits per heavy atom. The monoisotopic (exact) mass is 564 g/mol. The number of hydrazine groups is 1. The van der Waals surface area contributed by atoms with Crippen molar-refractivity contribution in [3.63, 3.8) is 0 Å². The van der Waals surface area contributed by atoms with Crippen molar-refractivity contribution in [3.8, 4) is 11.5 Å². The first-order valence-electron chi connectivity index (χ1n) is 10.3. The van der Waals surface area contributed by atoms with E-state index in [1.165, 1.54) is 11.3 Å². The molecule has 2 aromatic carbocycles. The van der Waals surface area contributed by atoms with Crippen LogP contribution < -0.4 is 14.9 Å². The van der Waals surface area contributed by atoms with E-state index < -0.39 is 11.8 Å². The minimum Gasteiger partial charge on any atom is -0.490 e. The molecule has 11 heteroatoms. The maximum Gasteiger partial charge on any atom is 0.285 e. The SMILES string of the molecule is CCOc1cc(/C=C2/SC(=S)N(NC(=O)c3cccs3)C2=O)cc(Cl)c1OCc1ccc(Cl)cc1. The van der Waals surface area contributed by atoms with Gasteiger partial charge in [0.15, 0.2) is 15.8 Å². The van der Waals surface area contributed by atoms with Gasteiger partial charge in [-0.2, -0.15) is 5.01 Å². The molecule has 1 saturated heterocycles. The molecule has 0 aliphatic carbocycles. The van der Waals surface area contributed by atoms with Gasteiger partial charge >= 0.3 is 0 Å². The molecule has 1 aliphatic heterocycles. The van der Waals surface area contributed by atoms with Gasteiger partial charge in [-0.1, -0.05) is 53.2 Å². The maximum atomic E-state index is 12.9. The van der Waals surface area contributed by atoms with Crippen LogP contribution in [0.2, 0.25) is 10.0 Å². The quantitative estimate of drug-likeness (QED) is 0.246. The number of hydrogen-bond acceptors (Lipinski definition) is 7. The highest BCUT2D eigenvalue weighted by molar-refractivity contribution is 8.26. The molecular weight excluding hydrogens is 547 g/mol. The number of amides is 2. The second-order valence-electron chi connectivity index (χ2n) is 7.11. The summed E-state index contributed by atoms with van der Waals surface area (Å²) < 4.78 is 11.9. The van der Waals surface area contributed by atoms with E-state index in [-0.39, 0.29) is 10.9 Å². The van der Waals surface area contributed by atoms with Crippen molar-refractivity contribution in [2.75, 3.05) is 6.61 Å². The lowest BCUT2D eigenvalue weighted by molar-refractivity contribution is -0.123. The molecule has 0 bridgehead atoms. The second kappa shape index (κ2) is 11.5. The summed E-state index contributed by atoms with van der Waals surface area (Å²) in [5, 5.41) is 3.82. The van der Waals surface area contributed by atoms with Gasteiger partial charge in [0.05, 0.1) is 21.4 Å². The van der Waals surface area contributed by atoms with Crippen molar-refractivity contribution in [1.82, 2.24) is 10.4 Å². The molecule has 1 fully saturated rings. The first kappa shape index (κ1) is 25.5. The van der Waals surface area contributed by atoms with Gasteiger partial charge in [-0.15, -0.1) is 11.3 Å². The highest BCUT2D eigenvalue weighted by Crippen LogP contribution is 2.39. The van der Waals surface area contributed by atoms with E-state index in [9.17, 15) is 9.59 Å². The van der Waals surface area contributed by atoms with Crippen LogP contribution in [0.25, 0.3) is 6.08 Å². The molecule has 0 radical (unpaired) electrons. The third kappa shape index (κ3) is 6.17. The number of hydrogen-bond donors (Lipinski definition) is 1. The molecular formula is C24H18Cl2N2O4S3. The predicted molar refractivity (Wildman–Crippen MR) is 145 cm³/mol. The Hall–Kier alpha value is -2.56. The van der Waals surface area contributed by atoms with Crippen molar-refractivity contribution in [2.45, 2.75) is 13.5 Å². The van der Waals surface area contributed by atoms with Gasteiger partial charge in [0.2, 0.25) is 0 Å². The van der Waals surface area contributed by atoms with E-state index in [4.69, 9.17) is 44.9 Å². The van der Waals surface area contributed by atoms with Crippen LogP contribution >= 0.6 is 58.5 Å². The fraction of sp³-hybridized carbons (Fsp3) is 0.125. The molecule has 0 spiro atoms. The average Bonchev–Trinajstić information content (AvgIpc) is 3.45. The Morgan fingerprint density at radius 2 is 1.94 bits per heavy atom. The van der Waals surface area contributed by atoms with Gasteiger partial charge in [0.1, 0.15) is 6.61 Å². The van der Waals surface area contributed by atoms with Gasteiger partial charge in [-0.05, 0) is 72.1 Å². The Kier molecular flexibility index (Phi) is 8.35. The summed E-state index contributed by atoms with van der Waals surface area (Å²) in [5.41, 5.74) is 4.11. The first-order chi connectivity index (χ1) is 16.9. The fourth-order valence-corrected chi connectivity index (χ4v) is 5.28. The van der Waals surface area contributed by atoms with Gasteiger partial charge in [-0.3, -0.25) is 15.0 Å². The summed E-state index contributed by atoms with van der Waals surface area (Å²) in [5.74, 6) is 0.0153.